The molecule has 0 radical (unpaired) electrons. The predicted octanol–water partition coefficient (Wildman–Crippen LogP) is 2.60. The summed E-state index contributed by atoms with van der Waals surface area (Å²) in [6.07, 6.45) is 6.83. The maximum Gasteiger partial charge on any atom is 0.225 e. The molecule has 1 saturated carbocycles. The zero-order valence-corrected chi connectivity index (χ0v) is 7.92. The molecule has 0 spiro atoms. The van der Waals surface area contributed by atoms with Crippen molar-refractivity contribution < 1.29 is 4.79 Å². The fourth-order valence-corrected chi connectivity index (χ4v) is 2.99. The Labute approximate surface area is 77.8 Å². The molecule has 3 aliphatic carbocycles. The van der Waals surface area contributed by atoms with Gasteiger partial charge in [-0.15, -0.1) is 0 Å². The van der Waals surface area contributed by atoms with Crippen LogP contribution in [0, 0.1) is 23.7 Å². The first kappa shape index (κ1) is 8.31. The Morgan fingerprint density at radius 3 is 2.25 bits per heavy atom. The van der Waals surface area contributed by atoms with Crippen LogP contribution in [0.5, 0.6) is 0 Å². The Hall–Kier alpha value is -0.300. The van der Waals surface area contributed by atoms with Crippen LogP contribution in [0.1, 0.15) is 19.8 Å². The normalized spacial score (nSPS) is 44.8. The van der Waals surface area contributed by atoms with Crippen LogP contribution < -0.4 is 0 Å². The second-order valence-corrected chi connectivity index (χ2v) is 4.35. The molecule has 3 aliphatic rings. The molecule has 66 valence electrons. The minimum absolute atomic E-state index is 0.0930. The van der Waals surface area contributed by atoms with Crippen LogP contribution in [0.15, 0.2) is 12.2 Å². The molecular formula is C10H13ClO. The quantitative estimate of drug-likeness (QED) is 0.452. The fraction of sp³-hybridized carbons (Fsp3) is 0.700. The van der Waals surface area contributed by atoms with E-state index in [0.717, 1.165) is 6.42 Å². The van der Waals surface area contributed by atoms with Gasteiger partial charge in [0.15, 0.2) is 0 Å². The van der Waals surface area contributed by atoms with E-state index >= 15 is 0 Å². The van der Waals surface area contributed by atoms with Gasteiger partial charge < -0.3 is 0 Å². The lowest BCUT2D eigenvalue weighted by Gasteiger charge is -2.41. The molecule has 0 aromatic carbocycles. The molecule has 0 heterocycles. The molecule has 2 bridgehead atoms. The lowest BCUT2D eigenvalue weighted by atomic mass is 9.63. The number of rotatable bonds is 1. The van der Waals surface area contributed by atoms with E-state index in [4.69, 9.17) is 11.6 Å². The smallest absolute Gasteiger partial charge is 0.225 e. The van der Waals surface area contributed by atoms with Crippen LogP contribution in [-0.2, 0) is 4.79 Å². The van der Waals surface area contributed by atoms with Gasteiger partial charge in [0.1, 0.15) is 0 Å². The molecule has 0 aromatic rings. The first-order valence-electron chi connectivity index (χ1n) is 4.58. The van der Waals surface area contributed by atoms with Crippen molar-refractivity contribution in [2.24, 2.45) is 23.7 Å². The number of carbonyl (C=O) groups excluding carboxylic acids is 1. The van der Waals surface area contributed by atoms with Crippen molar-refractivity contribution in [3.8, 4) is 0 Å². The summed E-state index contributed by atoms with van der Waals surface area (Å²) in [7, 11) is 0. The Kier molecular flexibility index (Phi) is 1.99. The number of allylic oxidation sites excluding steroid dienone is 2. The van der Waals surface area contributed by atoms with Gasteiger partial charge in [0.2, 0.25) is 5.24 Å². The minimum atomic E-state index is -0.137. The van der Waals surface area contributed by atoms with Crippen molar-refractivity contribution in [2.75, 3.05) is 0 Å². The summed E-state index contributed by atoms with van der Waals surface area (Å²) in [5, 5.41) is -0.137. The third kappa shape index (κ3) is 1.11. The highest BCUT2D eigenvalue weighted by Gasteiger charge is 2.41. The average molecular weight is 185 g/mol. The van der Waals surface area contributed by atoms with Crippen molar-refractivity contribution in [3.05, 3.63) is 12.2 Å². The maximum absolute atomic E-state index is 11.1. The molecule has 4 atom stereocenters. The Balaban J connectivity index is 2.26. The molecule has 0 aliphatic heterocycles. The van der Waals surface area contributed by atoms with E-state index in [9.17, 15) is 4.79 Å². The van der Waals surface area contributed by atoms with Gasteiger partial charge >= 0.3 is 0 Å². The molecule has 0 unspecified atom stereocenters. The van der Waals surface area contributed by atoms with Crippen LogP contribution in [-0.4, -0.2) is 5.24 Å². The van der Waals surface area contributed by atoms with Crippen molar-refractivity contribution in [1.82, 2.24) is 0 Å². The highest BCUT2D eigenvalue weighted by atomic mass is 35.5. The minimum Gasteiger partial charge on any atom is -0.281 e. The second kappa shape index (κ2) is 2.88. The molecule has 1 nitrogen and oxygen atoms in total. The van der Waals surface area contributed by atoms with Crippen molar-refractivity contribution >= 4 is 16.8 Å². The van der Waals surface area contributed by atoms with Crippen LogP contribution in [0.3, 0.4) is 0 Å². The average Bonchev–Trinajstić information content (AvgIpc) is 2.05. The van der Waals surface area contributed by atoms with E-state index in [-0.39, 0.29) is 11.2 Å². The van der Waals surface area contributed by atoms with Crippen molar-refractivity contribution in [3.63, 3.8) is 0 Å². The standard InChI is InChI=1S/C10H13ClO/c1-6-7-2-4-8(5-3-7)9(6)10(11)12/h2,4,6-9H,3,5H2,1H3/t6-,7-,8+,9+/m0/s1. The van der Waals surface area contributed by atoms with E-state index in [1.54, 1.807) is 0 Å². The van der Waals surface area contributed by atoms with Gasteiger partial charge in [-0.2, -0.15) is 0 Å². The van der Waals surface area contributed by atoms with Crippen LogP contribution >= 0.6 is 11.6 Å². The highest BCUT2D eigenvalue weighted by Crippen LogP contribution is 2.45. The Bertz CT molecular complexity index is 234. The van der Waals surface area contributed by atoms with Crippen molar-refractivity contribution in [2.45, 2.75) is 19.8 Å². The number of carbonyl (C=O) groups is 1. The van der Waals surface area contributed by atoms with E-state index < -0.39 is 0 Å². The number of fused-ring (bicyclic) bond motifs is 2. The monoisotopic (exact) mass is 184 g/mol. The van der Waals surface area contributed by atoms with Gasteiger partial charge in [-0.1, -0.05) is 19.1 Å². The molecule has 0 amide bonds. The lowest BCUT2D eigenvalue weighted by Crippen LogP contribution is -2.38. The summed E-state index contributed by atoms with van der Waals surface area (Å²) >= 11 is 5.57. The van der Waals surface area contributed by atoms with Crippen molar-refractivity contribution in [1.29, 1.82) is 0 Å². The molecule has 3 rings (SSSR count). The summed E-state index contributed by atoms with van der Waals surface area (Å²) in [6, 6.07) is 0. The van der Waals surface area contributed by atoms with E-state index in [1.165, 1.54) is 6.42 Å². The van der Waals surface area contributed by atoms with Gasteiger partial charge in [-0.25, -0.2) is 0 Å². The first-order valence-corrected chi connectivity index (χ1v) is 4.95. The van der Waals surface area contributed by atoms with E-state index in [1.807, 2.05) is 0 Å². The zero-order valence-electron chi connectivity index (χ0n) is 7.16. The molecule has 1 fully saturated rings. The van der Waals surface area contributed by atoms with E-state index in [0.29, 0.717) is 17.8 Å². The molecule has 0 N–H and O–H groups in total. The maximum atomic E-state index is 11.1. The number of hydrogen-bond acceptors (Lipinski definition) is 1. The van der Waals surface area contributed by atoms with Crippen LogP contribution in [0.2, 0.25) is 0 Å². The summed E-state index contributed by atoms with van der Waals surface area (Å²) in [6.45, 7) is 2.14. The van der Waals surface area contributed by atoms with Crippen LogP contribution in [0.25, 0.3) is 0 Å². The predicted molar refractivity (Wildman–Crippen MR) is 48.9 cm³/mol. The number of halogens is 1. The van der Waals surface area contributed by atoms with Gasteiger partial charge in [-0.3, -0.25) is 4.79 Å². The largest absolute Gasteiger partial charge is 0.281 e. The lowest BCUT2D eigenvalue weighted by molar-refractivity contribution is -0.119. The molecule has 0 saturated heterocycles. The summed E-state index contributed by atoms with van der Waals surface area (Å²) in [5.41, 5.74) is 0. The zero-order chi connectivity index (χ0) is 8.72. The molecule has 0 aromatic heterocycles. The van der Waals surface area contributed by atoms with Crippen LogP contribution in [0.4, 0.5) is 0 Å². The Morgan fingerprint density at radius 1 is 1.33 bits per heavy atom. The summed E-state index contributed by atoms with van der Waals surface area (Å²) < 4.78 is 0. The van der Waals surface area contributed by atoms with Gasteiger partial charge in [0, 0.05) is 5.92 Å². The SMILES string of the molecule is C[C@@H]1[C@@H](C(=O)Cl)[C@@H]2C=C[C@H]1CC2. The van der Waals surface area contributed by atoms with Gasteiger partial charge in [-0.05, 0) is 42.2 Å². The highest BCUT2D eigenvalue weighted by molar-refractivity contribution is 6.64. The van der Waals surface area contributed by atoms with E-state index in [2.05, 4.69) is 19.1 Å². The topological polar surface area (TPSA) is 17.1 Å². The second-order valence-electron chi connectivity index (χ2n) is 3.98. The van der Waals surface area contributed by atoms with Gasteiger partial charge in [0.05, 0.1) is 0 Å². The fourth-order valence-electron chi connectivity index (χ4n) is 2.63. The summed E-state index contributed by atoms with van der Waals surface area (Å²) in [5.74, 6) is 1.58. The third-order valence-electron chi connectivity index (χ3n) is 3.40. The summed E-state index contributed by atoms with van der Waals surface area (Å²) in [4.78, 5) is 11.1. The Morgan fingerprint density at radius 2 is 1.92 bits per heavy atom. The molecular weight excluding hydrogens is 172 g/mol. The molecule has 2 heteroatoms. The number of hydrogen-bond donors (Lipinski definition) is 0. The molecule has 12 heavy (non-hydrogen) atoms. The third-order valence-corrected chi connectivity index (χ3v) is 3.66. The first-order chi connectivity index (χ1) is 5.70. The van der Waals surface area contributed by atoms with Gasteiger partial charge in [0.25, 0.3) is 0 Å².